The Morgan fingerprint density at radius 2 is 1.88 bits per heavy atom. The van der Waals surface area contributed by atoms with Crippen LogP contribution in [0.25, 0.3) is 0 Å². The van der Waals surface area contributed by atoms with Gasteiger partial charge in [0.05, 0.1) is 10.7 Å². The number of imide groups is 1. The monoisotopic (exact) mass is 350 g/mol. The Morgan fingerprint density at radius 1 is 1.17 bits per heavy atom. The predicted octanol–water partition coefficient (Wildman–Crippen LogP) is 0.977. The lowest BCUT2D eigenvalue weighted by Gasteiger charge is -2.36. The Bertz CT molecular complexity index is 658. The largest absolute Gasteiger partial charge is 0.367 e. The number of carbonyl (C=O) groups excluding carboxylic acids is 3. The van der Waals surface area contributed by atoms with Crippen LogP contribution in [0.5, 0.6) is 0 Å². The molecule has 0 aromatic heterocycles. The number of benzene rings is 1. The van der Waals surface area contributed by atoms with Crippen LogP contribution in [0.4, 0.5) is 10.5 Å². The molecule has 1 unspecified atom stereocenters. The molecule has 0 aliphatic carbocycles. The number of amides is 4. The molecule has 2 fully saturated rings. The van der Waals surface area contributed by atoms with Crippen LogP contribution >= 0.6 is 11.6 Å². The highest BCUT2D eigenvalue weighted by Crippen LogP contribution is 2.26. The highest BCUT2D eigenvalue weighted by molar-refractivity contribution is 6.33. The second-order valence-electron chi connectivity index (χ2n) is 5.87. The molecule has 1 aromatic rings. The standard InChI is InChI=1S/C16H19ClN4O3/c17-11-3-1-2-4-13(11)20-7-9-21(10-8-20)14(22)6-5-12-15(23)19-16(24)18-12/h1-4,12H,5-10H2,(H2,18,19,23,24). The van der Waals surface area contributed by atoms with E-state index in [1.54, 1.807) is 4.90 Å². The first-order chi connectivity index (χ1) is 11.5. The topological polar surface area (TPSA) is 81.8 Å². The molecule has 3 rings (SSSR count). The summed E-state index contributed by atoms with van der Waals surface area (Å²) in [6.07, 6.45) is 0.561. The van der Waals surface area contributed by atoms with Crippen molar-refractivity contribution in [3.8, 4) is 0 Å². The lowest BCUT2D eigenvalue weighted by molar-refractivity contribution is -0.131. The lowest BCUT2D eigenvalue weighted by Crippen LogP contribution is -2.49. The van der Waals surface area contributed by atoms with Crippen molar-refractivity contribution in [1.29, 1.82) is 0 Å². The molecule has 0 saturated carbocycles. The highest BCUT2D eigenvalue weighted by Gasteiger charge is 2.30. The van der Waals surface area contributed by atoms with Crippen LogP contribution < -0.4 is 15.5 Å². The summed E-state index contributed by atoms with van der Waals surface area (Å²) in [4.78, 5) is 38.8. The first-order valence-electron chi connectivity index (χ1n) is 7.93. The Morgan fingerprint density at radius 3 is 2.50 bits per heavy atom. The zero-order valence-corrected chi connectivity index (χ0v) is 13.9. The van der Waals surface area contributed by atoms with Gasteiger partial charge in [0, 0.05) is 32.6 Å². The van der Waals surface area contributed by atoms with E-state index in [-0.39, 0.29) is 18.2 Å². The highest BCUT2D eigenvalue weighted by atomic mass is 35.5. The fourth-order valence-electron chi connectivity index (χ4n) is 2.99. The maximum Gasteiger partial charge on any atom is 0.322 e. The van der Waals surface area contributed by atoms with E-state index in [1.807, 2.05) is 24.3 Å². The van der Waals surface area contributed by atoms with Gasteiger partial charge in [-0.3, -0.25) is 14.9 Å². The van der Waals surface area contributed by atoms with Gasteiger partial charge in [-0.15, -0.1) is 0 Å². The number of hydrogen-bond acceptors (Lipinski definition) is 4. The minimum Gasteiger partial charge on any atom is -0.367 e. The average molecular weight is 351 g/mol. The van der Waals surface area contributed by atoms with Crippen LogP contribution in [0.1, 0.15) is 12.8 Å². The molecular formula is C16H19ClN4O3. The van der Waals surface area contributed by atoms with Crippen molar-refractivity contribution in [1.82, 2.24) is 15.5 Å². The number of nitrogens with zero attached hydrogens (tertiary/aromatic N) is 2. The Kier molecular flexibility index (Phi) is 4.89. The zero-order chi connectivity index (χ0) is 17.1. The molecule has 0 spiro atoms. The molecule has 1 aromatic carbocycles. The fraction of sp³-hybridized carbons (Fsp3) is 0.438. The maximum atomic E-state index is 12.3. The van der Waals surface area contributed by atoms with Crippen LogP contribution in [0.3, 0.4) is 0 Å². The number of para-hydroxylation sites is 1. The molecule has 8 heteroatoms. The summed E-state index contributed by atoms with van der Waals surface area (Å²) in [6.45, 7) is 2.67. The van der Waals surface area contributed by atoms with Gasteiger partial charge in [-0.25, -0.2) is 4.79 Å². The minimum absolute atomic E-state index is 0.00255. The molecule has 1 atom stereocenters. The summed E-state index contributed by atoms with van der Waals surface area (Å²) in [7, 11) is 0. The Labute approximate surface area is 144 Å². The minimum atomic E-state index is -0.606. The van der Waals surface area contributed by atoms with E-state index in [1.165, 1.54) is 0 Å². The van der Waals surface area contributed by atoms with Crippen molar-refractivity contribution >= 4 is 35.1 Å². The van der Waals surface area contributed by atoms with Crippen LogP contribution in [0.15, 0.2) is 24.3 Å². The maximum absolute atomic E-state index is 12.3. The molecule has 2 heterocycles. The molecular weight excluding hydrogens is 332 g/mol. The molecule has 2 aliphatic rings. The van der Waals surface area contributed by atoms with E-state index >= 15 is 0 Å². The van der Waals surface area contributed by atoms with E-state index in [9.17, 15) is 14.4 Å². The van der Waals surface area contributed by atoms with Crippen molar-refractivity contribution < 1.29 is 14.4 Å². The third-order valence-electron chi connectivity index (χ3n) is 4.33. The third-order valence-corrected chi connectivity index (χ3v) is 4.65. The summed E-state index contributed by atoms with van der Waals surface area (Å²) >= 11 is 6.21. The van der Waals surface area contributed by atoms with Gasteiger partial charge in [-0.1, -0.05) is 23.7 Å². The quantitative estimate of drug-likeness (QED) is 0.793. The number of urea groups is 1. The van der Waals surface area contributed by atoms with Gasteiger partial charge in [0.1, 0.15) is 6.04 Å². The second-order valence-corrected chi connectivity index (χ2v) is 6.28. The molecule has 4 amide bonds. The smallest absolute Gasteiger partial charge is 0.322 e. The van der Waals surface area contributed by atoms with Gasteiger partial charge < -0.3 is 15.1 Å². The first-order valence-corrected chi connectivity index (χ1v) is 8.31. The van der Waals surface area contributed by atoms with E-state index in [0.717, 1.165) is 18.8 Å². The number of nitrogens with one attached hydrogen (secondary N) is 2. The zero-order valence-electron chi connectivity index (χ0n) is 13.1. The predicted molar refractivity (Wildman–Crippen MR) is 89.9 cm³/mol. The van der Waals surface area contributed by atoms with Crippen molar-refractivity contribution in [2.75, 3.05) is 31.1 Å². The molecule has 2 aliphatic heterocycles. The van der Waals surface area contributed by atoms with Crippen LogP contribution in [0.2, 0.25) is 5.02 Å². The van der Waals surface area contributed by atoms with Crippen molar-refractivity contribution in [3.63, 3.8) is 0 Å². The summed E-state index contributed by atoms with van der Waals surface area (Å²) in [5, 5.41) is 5.38. The molecule has 2 saturated heterocycles. The number of carbonyl (C=O) groups is 3. The summed E-state index contributed by atoms with van der Waals surface area (Å²) < 4.78 is 0. The van der Waals surface area contributed by atoms with Gasteiger partial charge in [0.15, 0.2) is 0 Å². The summed E-state index contributed by atoms with van der Waals surface area (Å²) in [5.74, 6) is -0.362. The van der Waals surface area contributed by atoms with Crippen molar-refractivity contribution in [2.24, 2.45) is 0 Å². The van der Waals surface area contributed by atoms with Crippen molar-refractivity contribution in [3.05, 3.63) is 29.3 Å². The van der Waals surface area contributed by atoms with E-state index in [2.05, 4.69) is 15.5 Å². The van der Waals surface area contributed by atoms with E-state index < -0.39 is 12.1 Å². The van der Waals surface area contributed by atoms with Crippen LogP contribution in [-0.2, 0) is 9.59 Å². The molecule has 0 bridgehead atoms. The van der Waals surface area contributed by atoms with Gasteiger partial charge in [0.25, 0.3) is 5.91 Å². The Hall–Kier alpha value is -2.28. The number of piperazine rings is 1. The average Bonchev–Trinajstić information content (AvgIpc) is 2.91. The molecule has 128 valence electrons. The lowest BCUT2D eigenvalue weighted by atomic mass is 10.1. The van der Waals surface area contributed by atoms with Gasteiger partial charge in [-0.05, 0) is 18.6 Å². The summed E-state index contributed by atoms with van der Waals surface area (Å²) in [5.41, 5.74) is 0.983. The first kappa shape index (κ1) is 16.6. The molecule has 2 N–H and O–H groups in total. The molecule has 7 nitrogen and oxygen atoms in total. The fourth-order valence-corrected chi connectivity index (χ4v) is 3.25. The number of hydrogen-bond donors (Lipinski definition) is 2. The number of halogens is 1. The molecule has 24 heavy (non-hydrogen) atoms. The van der Waals surface area contributed by atoms with E-state index in [4.69, 9.17) is 11.6 Å². The summed E-state index contributed by atoms with van der Waals surface area (Å²) in [6, 6.07) is 6.57. The van der Waals surface area contributed by atoms with Crippen LogP contribution in [-0.4, -0.2) is 55.0 Å². The van der Waals surface area contributed by atoms with Crippen molar-refractivity contribution in [2.45, 2.75) is 18.9 Å². The van der Waals surface area contributed by atoms with Gasteiger partial charge in [0.2, 0.25) is 5.91 Å². The second kappa shape index (κ2) is 7.09. The molecule has 0 radical (unpaired) electrons. The SMILES string of the molecule is O=C1NC(=O)C(CCC(=O)N2CCN(c3ccccc3Cl)CC2)N1. The van der Waals surface area contributed by atoms with Crippen LogP contribution in [0, 0.1) is 0 Å². The Balaban J connectivity index is 1.48. The van der Waals surface area contributed by atoms with Gasteiger partial charge >= 0.3 is 6.03 Å². The third kappa shape index (κ3) is 3.62. The van der Waals surface area contributed by atoms with Gasteiger partial charge in [-0.2, -0.15) is 0 Å². The van der Waals surface area contributed by atoms with E-state index in [0.29, 0.717) is 24.5 Å². The number of anilines is 1. The number of rotatable bonds is 4. The normalized spacial score (nSPS) is 20.8.